The Balaban J connectivity index is 2.50. The third-order valence-corrected chi connectivity index (χ3v) is 2.95. The minimum atomic E-state index is 1.10. The number of hydrogen-bond donors (Lipinski definition) is 2. The van der Waals surface area contributed by atoms with E-state index in [-0.39, 0.29) is 0 Å². The SMILES string of the molecule is CCc1ccc2c(c1NC)CCCN2. The number of nitrogens with one attached hydrogen (secondary N) is 2. The Kier molecular flexibility index (Phi) is 2.62. The van der Waals surface area contributed by atoms with E-state index in [1.54, 1.807) is 0 Å². The number of fused-ring (bicyclic) bond motifs is 1. The molecule has 0 saturated carbocycles. The van der Waals surface area contributed by atoms with E-state index in [1.165, 1.54) is 35.3 Å². The average molecular weight is 190 g/mol. The number of rotatable bonds is 2. The van der Waals surface area contributed by atoms with Gasteiger partial charge in [0.2, 0.25) is 0 Å². The number of benzene rings is 1. The second-order valence-electron chi connectivity index (χ2n) is 3.76. The zero-order valence-corrected chi connectivity index (χ0v) is 8.98. The second kappa shape index (κ2) is 3.91. The van der Waals surface area contributed by atoms with Gasteiger partial charge < -0.3 is 10.6 Å². The van der Waals surface area contributed by atoms with Crippen LogP contribution >= 0.6 is 0 Å². The van der Waals surface area contributed by atoms with Gasteiger partial charge in [0.05, 0.1) is 0 Å². The zero-order chi connectivity index (χ0) is 9.97. The van der Waals surface area contributed by atoms with Crippen LogP contribution < -0.4 is 10.6 Å². The van der Waals surface area contributed by atoms with Gasteiger partial charge in [0.25, 0.3) is 0 Å². The highest BCUT2D eigenvalue weighted by atomic mass is 14.9. The molecule has 0 fully saturated rings. The van der Waals surface area contributed by atoms with Crippen LogP contribution in [0, 0.1) is 0 Å². The predicted molar refractivity (Wildman–Crippen MR) is 62.2 cm³/mol. The Morgan fingerprint density at radius 1 is 1.43 bits per heavy atom. The minimum absolute atomic E-state index is 1.10. The summed E-state index contributed by atoms with van der Waals surface area (Å²) in [6, 6.07) is 4.44. The van der Waals surface area contributed by atoms with Gasteiger partial charge in [-0.05, 0) is 36.5 Å². The lowest BCUT2D eigenvalue weighted by Gasteiger charge is -2.23. The average Bonchev–Trinajstić information content (AvgIpc) is 2.27. The summed E-state index contributed by atoms with van der Waals surface area (Å²) in [5.74, 6) is 0. The van der Waals surface area contributed by atoms with Crippen LogP contribution in [-0.4, -0.2) is 13.6 Å². The number of anilines is 2. The first-order chi connectivity index (χ1) is 6.86. The van der Waals surface area contributed by atoms with Gasteiger partial charge in [0.1, 0.15) is 0 Å². The maximum Gasteiger partial charge on any atom is 0.0423 e. The summed E-state index contributed by atoms with van der Waals surface area (Å²) < 4.78 is 0. The van der Waals surface area contributed by atoms with Crippen molar-refractivity contribution >= 4 is 11.4 Å². The van der Waals surface area contributed by atoms with Crippen LogP contribution in [0.4, 0.5) is 11.4 Å². The van der Waals surface area contributed by atoms with Crippen LogP contribution in [0.2, 0.25) is 0 Å². The van der Waals surface area contributed by atoms with E-state index in [4.69, 9.17) is 0 Å². The molecule has 0 spiro atoms. The normalized spacial score (nSPS) is 14.4. The maximum absolute atomic E-state index is 3.45. The molecule has 1 aromatic carbocycles. The van der Waals surface area contributed by atoms with Crippen molar-refractivity contribution in [2.45, 2.75) is 26.2 Å². The van der Waals surface area contributed by atoms with Crippen LogP contribution in [0.15, 0.2) is 12.1 Å². The van der Waals surface area contributed by atoms with Crippen LogP contribution in [0.3, 0.4) is 0 Å². The van der Waals surface area contributed by atoms with Crippen molar-refractivity contribution in [3.05, 3.63) is 23.3 Å². The largest absolute Gasteiger partial charge is 0.388 e. The lowest BCUT2D eigenvalue weighted by molar-refractivity contribution is 0.829. The molecule has 2 N–H and O–H groups in total. The molecule has 2 heteroatoms. The molecule has 0 atom stereocenters. The molecule has 14 heavy (non-hydrogen) atoms. The summed E-state index contributed by atoms with van der Waals surface area (Å²) in [6.07, 6.45) is 3.55. The van der Waals surface area contributed by atoms with E-state index in [0.29, 0.717) is 0 Å². The molecule has 1 heterocycles. The summed E-state index contributed by atoms with van der Waals surface area (Å²) in [6.45, 7) is 3.32. The maximum atomic E-state index is 3.45. The van der Waals surface area contributed by atoms with Crippen LogP contribution in [0.25, 0.3) is 0 Å². The monoisotopic (exact) mass is 190 g/mol. The van der Waals surface area contributed by atoms with Crippen LogP contribution in [0.5, 0.6) is 0 Å². The molecule has 0 radical (unpaired) electrons. The molecule has 0 amide bonds. The van der Waals surface area contributed by atoms with Crippen molar-refractivity contribution in [2.24, 2.45) is 0 Å². The minimum Gasteiger partial charge on any atom is -0.388 e. The first-order valence-electron chi connectivity index (χ1n) is 5.43. The van der Waals surface area contributed by atoms with E-state index in [0.717, 1.165) is 13.0 Å². The van der Waals surface area contributed by atoms with Gasteiger partial charge in [-0.2, -0.15) is 0 Å². The topological polar surface area (TPSA) is 24.1 Å². The van der Waals surface area contributed by atoms with E-state index in [9.17, 15) is 0 Å². The van der Waals surface area contributed by atoms with Crippen molar-refractivity contribution in [2.75, 3.05) is 24.2 Å². The number of aryl methyl sites for hydroxylation is 1. The van der Waals surface area contributed by atoms with Gasteiger partial charge in [0.15, 0.2) is 0 Å². The first-order valence-corrected chi connectivity index (χ1v) is 5.43. The van der Waals surface area contributed by atoms with Crippen LogP contribution in [0.1, 0.15) is 24.5 Å². The fourth-order valence-corrected chi connectivity index (χ4v) is 2.22. The van der Waals surface area contributed by atoms with Crippen molar-refractivity contribution in [1.82, 2.24) is 0 Å². The van der Waals surface area contributed by atoms with E-state index in [1.807, 2.05) is 7.05 Å². The molecule has 1 aliphatic heterocycles. The Morgan fingerprint density at radius 3 is 3.00 bits per heavy atom. The van der Waals surface area contributed by atoms with Gasteiger partial charge in [-0.1, -0.05) is 13.0 Å². The zero-order valence-electron chi connectivity index (χ0n) is 8.98. The molecule has 2 nitrogen and oxygen atoms in total. The van der Waals surface area contributed by atoms with Gasteiger partial charge in [-0.25, -0.2) is 0 Å². The van der Waals surface area contributed by atoms with Gasteiger partial charge in [0, 0.05) is 25.0 Å². The van der Waals surface area contributed by atoms with E-state index in [2.05, 4.69) is 29.7 Å². The standard InChI is InChI=1S/C12H18N2/c1-3-9-6-7-11-10(12(9)13-2)5-4-8-14-11/h6-7,13-14H,3-5,8H2,1-2H3. The molecule has 76 valence electrons. The van der Waals surface area contributed by atoms with E-state index < -0.39 is 0 Å². The highest BCUT2D eigenvalue weighted by Crippen LogP contribution is 2.32. The molecule has 1 aromatic rings. The third-order valence-electron chi connectivity index (χ3n) is 2.95. The quantitative estimate of drug-likeness (QED) is 0.749. The molecule has 2 rings (SSSR count). The first kappa shape index (κ1) is 9.38. The fourth-order valence-electron chi connectivity index (χ4n) is 2.22. The molecule has 0 unspecified atom stereocenters. The molecule has 0 aliphatic carbocycles. The van der Waals surface area contributed by atoms with Gasteiger partial charge in [-0.15, -0.1) is 0 Å². The lowest BCUT2D eigenvalue weighted by Crippen LogP contribution is -2.14. The van der Waals surface area contributed by atoms with Crippen molar-refractivity contribution < 1.29 is 0 Å². The Hall–Kier alpha value is -1.18. The van der Waals surface area contributed by atoms with Gasteiger partial charge >= 0.3 is 0 Å². The predicted octanol–water partition coefficient (Wildman–Crippen LogP) is 2.65. The molecule has 0 saturated heterocycles. The molecular weight excluding hydrogens is 172 g/mol. The molecule has 1 aliphatic rings. The van der Waals surface area contributed by atoms with Crippen LogP contribution in [-0.2, 0) is 12.8 Å². The highest BCUT2D eigenvalue weighted by Gasteiger charge is 2.14. The Labute approximate surface area is 85.7 Å². The van der Waals surface area contributed by atoms with Crippen molar-refractivity contribution in [3.63, 3.8) is 0 Å². The van der Waals surface area contributed by atoms with E-state index >= 15 is 0 Å². The second-order valence-corrected chi connectivity index (χ2v) is 3.76. The van der Waals surface area contributed by atoms with Gasteiger partial charge in [-0.3, -0.25) is 0 Å². The van der Waals surface area contributed by atoms with Crippen molar-refractivity contribution in [3.8, 4) is 0 Å². The Morgan fingerprint density at radius 2 is 2.29 bits per heavy atom. The lowest BCUT2D eigenvalue weighted by atomic mass is 9.97. The highest BCUT2D eigenvalue weighted by molar-refractivity contribution is 5.70. The fraction of sp³-hybridized carbons (Fsp3) is 0.500. The summed E-state index contributed by atoms with van der Waals surface area (Å²) in [4.78, 5) is 0. The summed E-state index contributed by atoms with van der Waals surface area (Å²) in [5, 5.41) is 6.78. The van der Waals surface area contributed by atoms with Crippen molar-refractivity contribution in [1.29, 1.82) is 0 Å². The molecule has 0 aromatic heterocycles. The molecule has 0 bridgehead atoms. The smallest absolute Gasteiger partial charge is 0.0423 e. The summed E-state index contributed by atoms with van der Waals surface area (Å²) >= 11 is 0. The summed E-state index contributed by atoms with van der Waals surface area (Å²) in [7, 11) is 2.02. The molecular formula is C12H18N2. The Bertz CT molecular complexity index is 316. The number of hydrogen-bond acceptors (Lipinski definition) is 2. The third kappa shape index (κ3) is 1.45. The summed E-state index contributed by atoms with van der Waals surface area (Å²) in [5.41, 5.74) is 5.56.